The first kappa shape index (κ1) is 15.1. The van der Waals surface area contributed by atoms with Gasteiger partial charge in [-0.2, -0.15) is 11.8 Å². The van der Waals surface area contributed by atoms with Gasteiger partial charge in [-0.3, -0.25) is 0 Å². The summed E-state index contributed by atoms with van der Waals surface area (Å²) >= 11 is 1.58. The molecule has 1 heterocycles. The van der Waals surface area contributed by atoms with Crippen LogP contribution in [0.4, 0.5) is 4.79 Å². The van der Waals surface area contributed by atoms with Gasteiger partial charge in [-0.05, 0) is 19.3 Å². The highest BCUT2D eigenvalue weighted by atomic mass is 32.2. The maximum atomic E-state index is 12.0. The van der Waals surface area contributed by atoms with Crippen LogP contribution in [0.2, 0.25) is 0 Å². The minimum absolute atomic E-state index is 0.0709. The predicted molar refractivity (Wildman–Crippen MR) is 72.9 cm³/mol. The SMILES string of the molecule is CC(C)CC(C)NC(=O)N1CCSCC1C(=O)O. The molecule has 2 N–H and O–H groups in total. The quantitative estimate of drug-likeness (QED) is 0.817. The molecule has 0 aromatic heterocycles. The summed E-state index contributed by atoms with van der Waals surface area (Å²) in [7, 11) is 0. The normalized spacial score (nSPS) is 21.8. The van der Waals surface area contributed by atoms with Crippen LogP contribution in [0.3, 0.4) is 0 Å². The number of carboxylic acid groups (broad SMARTS) is 1. The lowest BCUT2D eigenvalue weighted by Gasteiger charge is -2.33. The van der Waals surface area contributed by atoms with Crippen LogP contribution in [-0.4, -0.2) is 52.1 Å². The Kier molecular flexibility index (Phi) is 5.78. The average Bonchev–Trinajstić information content (AvgIpc) is 2.27. The predicted octanol–water partition coefficient (Wildman–Crippen LogP) is 1.63. The number of urea groups is 1. The van der Waals surface area contributed by atoms with Crippen LogP contribution in [0.25, 0.3) is 0 Å². The first-order chi connectivity index (χ1) is 8.41. The van der Waals surface area contributed by atoms with Gasteiger partial charge in [-0.15, -0.1) is 0 Å². The van der Waals surface area contributed by atoms with E-state index in [-0.39, 0.29) is 12.1 Å². The van der Waals surface area contributed by atoms with Gasteiger partial charge in [0.1, 0.15) is 6.04 Å². The molecule has 2 atom stereocenters. The number of amides is 2. The number of carbonyl (C=O) groups is 2. The minimum atomic E-state index is -0.922. The zero-order valence-corrected chi connectivity index (χ0v) is 12.0. The van der Waals surface area contributed by atoms with Crippen LogP contribution < -0.4 is 5.32 Å². The molecule has 2 unspecified atom stereocenters. The van der Waals surface area contributed by atoms with E-state index in [2.05, 4.69) is 19.2 Å². The molecule has 0 bridgehead atoms. The number of hydrogen-bond donors (Lipinski definition) is 2. The van der Waals surface area contributed by atoms with Crippen molar-refractivity contribution in [3.63, 3.8) is 0 Å². The molecule has 0 radical (unpaired) electrons. The number of rotatable bonds is 4. The summed E-state index contributed by atoms with van der Waals surface area (Å²) in [4.78, 5) is 24.6. The van der Waals surface area contributed by atoms with E-state index in [1.54, 1.807) is 11.8 Å². The Morgan fingerprint density at radius 2 is 2.11 bits per heavy atom. The van der Waals surface area contributed by atoms with Crippen LogP contribution in [-0.2, 0) is 4.79 Å². The lowest BCUT2D eigenvalue weighted by atomic mass is 10.1. The summed E-state index contributed by atoms with van der Waals surface area (Å²) in [5.41, 5.74) is 0. The largest absolute Gasteiger partial charge is 0.480 e. The molecule has 18 heavy (non-hydrogen) atoms. The molecule has 0 aromatic rings. The van der Waals surface area contributed by atoms with E-state index >= 15 is 0 Å². The Hall–Kier alpha value is -0.910. The molecule has 1 aliphatic heterocycles. The van der Waals surface area contributed by atoms with Gasteiger partial charge in [0.2, 0.25) is 0 Å². The van der Waals surface area contributed by atoms with E-state index in [4.69, 9.17) is 5.11 Å². The highest BCUT2D eigenvalue weighted by Gasteiger charge is 2.32. The smallest absolute Gasteiger partial charge is 0.327 e. The Bertz CT molecular complexity index is 310. The molecule has 1 fully saturated rings. The third-order valence-electron chi connectivity index (χ3n) is 2.87. The first-order valence-electron chi connectivity index (χ1n) is 6.29. The van der Waals surface area contributed by atoms with Crippen LogP contribution in [0.15, 0.2) is 0 Å². The first-order valence-corrected chi connectivity index (χ1v) is 7.45. The summed E-state index contributed by atoms with van der Waals surface area (Å²) in [6, 6.07) is -0.882. The van der Waals surface area contributed by atoms with E-state index < -0.39 is 12.0 Å². The lowest BCUT2D eigenvalue weighted by molar-refractivity contribution is -0.141. The van der Waals surface area contributed by atoms with E-state index in [1.807, 2.05) is 6.92 Å². The Labute approximate surface area is 112 Å². The highest BCUT2D eigenvalue weighted by molar-refractivity contribution is 7.99. The molecular weight excluding hydrogens is 252 g/mol. The fourth-order valence-electron chi connectivity index (χ4n) is 2.11. The van der Waals surface area contributed by atoms with Crippen molar-refractivity contribution in [3.8, 4) is 0 Å². The summed E-state index contributed by atoms with van der Waals surface area (Å²) in [5.74, 6) is 0.859. The molecule has 5 nitrogen and oxygen atoms in total. The zero-order chi connectivity index (χ0) is 13.7. The molecule has 0 spiro atoms. The maximum Gasteiger partial charge on any atom is 0.327 e. The standard InChI is InChI=1S/C12H22N2O3S/c1-8(2)6-9(3)13-12(17)14-4-5-18-7-10(14)11(15)16/h8-10H,4-7H2,1-3H3,(H,13,17)(H,15,16). The Morgan fingerprint density at radius 1 is 1.44 bits per heavy atom. The fourth-order valence-corrected chi connectivity index (χ4v) is 3.15. The van der Waals surface area contributed by atoms with Gasteiger partial charge in [0, 0.05) is 24.1 Å². The van der Waals surface area contributed by atoms with Crippen LogP contribution in [0.5, 0.6) is 0 Å². The number of nitrogens with zero attached hydrogens (tertiary/aromatic N) is 1. The number of thioether (sulfide) groups is 1. The Morgan fingerprint density at radius 3 is 2.67 bits per heavy atom. The topological polar surface area (TPSA) is 69.6 Å². The summed E-state index contributed by atoms with van der Waals surface area (Å²) in [6.07, 6.45) is 0.895. The van der Waals surface area contributed by atoms with Gasteiger partial charge >= 0.3 is 12.0 Å². The second-order valence-electron chi connectivity index (χ2n) is 5.10. The molecule has 1 rings (SSSR count). The van der Waals surface area contributed by atoms with Gasteiger partial charge in [0.25, 0.3) is 0 Å². The second-order valence-corrected chi connectivity index (χ2v) is 6.25. The third-order valence-corrected chi connectivity index (χ3v) is 3.89. The number of nitrogens with one attached hydrogen (secondary N) is 1. The monoisotopic (exact) mass is 274 g/mol. The van der Waals surface area contributed by atoms with Gasteiger partial charge in [-0.25, -0.2) is 9.59 Å². The van der Waals surface area contributed by atoms with Gasteiger partial charge in [-0.1, -0.05) is 13.8 Å². The van der Waals surface area contributed by atoms with Crippen molar-refractivity contribution < 1.29 is 14.7 Å². The molecule has 0 aromatic carbocycles. The highest BCUT2D eigenvalue weighted by Crippen LogP contribution is 2.17. The Balaban J connectivity index is 2.55. The fraction of sp³-hybridized carbons (Fsp3) is 0.833. The number of carbonyl (C=O) groups excluding carboxylic acids is 1. The minimum Gasteiger partial charge on any atom is -0.480 e. The molecule has 2 amide bonds. The number of carboxylic acids is 1. The lowest BCUT2D eigenvalue weighted by Crippen LogP contribution is -2.55. The molecule has 0 saturated carbocycles. The van der Waals surface area contributed by atoms with Crippen molar-refractivity contribution in [2.24, 2.45) is 5.92 Å². The van der Waals surface area contributed by atoms with E-state index in [9.17, 15) is 9.59 Å². The molecule has 1 aliphatic rings. The summed E-state index contributed by atoms with van der Waals surface area (Å²) < 4.78 is 0. The zero-order valence-electron chi connectivity index (χ0n) is 11.2. The molecule has 6 heteroatoms. The van der Waals surface area contributed by atoms with Crippen LogP contribution in [0, 0.1) is 5.92 Å². The number of hydrogen-bond acceptors (Lipinski definition) is 3. The van der Waals surface area contributed by atoms with Gasteiger partial charge in [0.05, 0.1) is 0 Å². The number of aliphatic carboxylic acids is 1. The van der Waals surface area contributed by atoms with Crippen molar-refractivity contribution in [1.82, 2.24) is 10.2 Å². The van der Waals surface area contributed by atoms with Crippen molar-refractivity contribution in [3.05, 3.63) is 0 Å². The third kappa shape index (κ3) is 4.40. The summed E-state index contributed by atoms with van der Waals surface area (Å²) in [5, 5.41) is 12.0. The van der Waals surface area contributed by atoms with E-state index in [0.717, 1.165) is 12.2 Å². The van der Waals surface area contributed by atoms with E-state index in [0.29, 0.717) is 18.2 Å². The maximum absolute atomic E-state index is 12.0. The average molecular weight is 274 g/mol. The van der Waals surface area contributed by atoms with Crippen molar-refractivity contribution in [2.75, 3.05) is 18.1 Å². The van der Waals surface area contributed by atoms with Crippen molar-refractivity contribution in [2.45, 2.75) is 39.3 Å². The molecule has 0 aliphatic carbocycles. The van der Waals surface area contributed by atoms with E-state index in [1.165, 1.54) is 4.90 Å². The molecule has 1 saturated heterocycles. The van der Waals surface area contributed by atoms with Gasteiger partial charge in [0.15, 0.2) is 0 Å². The van der Waals surface area contributed by atoms with Crippen molar-refractivity contribution >= 4 is 23.8 Å². The molecule has 104 valence electrons. The van der Waals surface area contributed by atoms with Crippen LogP contribution >= 0.6 is 11.8 Å². The second kappa shape index (κ2) is 6.87. The summed E-state index contributed by atoms with van der Waals surface area (Å²) in [6.45, 7) is 6.65. The van der Waals surface area contributed by atoms with Gasteiger partial charge < -0.3 is 15.3 Å². The van der Waals surface area contributed by atoms with Crippen molar-refractivity contribution in [1.29, 1.82) is 0 Å². The molecular formula is C12H22N2O3S. The van der Waals surface area contributed by atoms with Crippen LogP contribution in [0.1, 0.15) is 27.2 Å².